The van der Waals surface area contributed by atoms with E-state index in [4.69, 9.17) is 28.0 Å². The molecule has 0 saturated carbocycles. The Morgan fingerprint density at radius 2 is 2.15 bits per heavy atom. The van der Waals surface area contributed by atoms with E-state index in [2.05, 4.69) is 42.9 Å². The van der Waals surface area contributed by atoms with Gasteiger partial charge in [0.2, 0.25) is 6.19 Å². The molecule has 1 aromatic carbocycles. The number of benzene rings is 1. The Morgan fingerprint density at radius 3 is 2.74 bits per heavy atom. The Morgan fingerprint density at radius 1 is 1.41 bits per heavy atom. The van der Waals surface area contributed by atoms with Gasteiger partial charge in [0.25, 0.3) is 0 Å². The monoisotopic (exact) mass is 400 g/mol. The van der Waals surface area contributed by atoms with Crippen LogP contribution in [0.15, 0.2) is 34.4 Å². The van der Waals surface area contributed by atoms with Crippen LogP contribution in [0.3, 0.4) is 0 Å². The van der Waals surface area contributed by atoms with Gasteiger partial charge in [-0.25, -0.2) is 0 Å². The van der Waals surface area contributed by atoms with Crippen LogP contribution in [-0.4, -0.2) is 17.5 Å². The second-order valence-corrected chi connectivity index (χ2v) is 8.21. The van der Waals surface area contributed by atoms with Crippen molar-refractivity contribution in [3.8, 4) is 24.3 Å². The third-order valence-electron chi connectivity index (χ3n) is 3.72. The Balaban J connectivity index is 2.68. The maximum atomic E-state index is 9.15. The highest BCUT2D eigenvalue weighted by atomic mass is 35.5. The molecule has 0 atom stereocenters. The highest BCUT2D eigenvalue weighted by Gasteiger charge is 2.18. The SMILES string of the molecule is C#CCCn1cc(C(C)(C)C)s/c1=N\C(=NC#N)c1cc(Cl)ccc1OC. The Labute approximate surface area is 168 Å². The molecule has 0 amide bonds. The summed E-state index contributed by atoms with van der Waals surface area (Å²) in [5.41, 5.74) is 0.525. The molecule has 0 fully saturated rings. The zero-order chi connectivity index (χ0) is 20.0. The zero-order valence-corrected chi connectivity index (χ0v) is 17.4. The summed E-state index contributed by atoms with van der Waals surface area (Å²) < 4.78 is 7.38. The summed E-state index contributed by atoms with van der Waals surface area (Å²) in [4.78, 5) is 10.4. The number of nitriles is 1. The molecule has 1 heterocycles. The maximum Gasteiger partial charge on any atom is 0.207 e. The molecule has 2 rings (SSSR count). The van der Waals surface area contributed by atoms with Gasteiger partial charge in [-0.15, -0.1) is 23.7 Å². The topological polar surface area (TPSA) is 62.7 Å². The average Bonchev–Trinajstić information content (AvgIpc) is 3.02. The summed E-state index contributed by atoms with van der Waals surface area (Å²) in [6, 6.07) is 5.12. The van der Waals surface area contributed by atoms with Crippen molar-refractivity contribution < 1.29 is 4.74 Å². The fraction of sp³-hybridized carbons (Fsp3) is 0.350. The minimum absolute atomic E-state index is 0.0311. The number of halogens is 1. The van der Waals surface area contributed by atoms with E-state index in [1.807, 2.05) is 10.8 Å². The van der Waals surface area contributed by atoms with Crippen LogP contribution in [0.5, 0.6) is 5.75 Å². The number of terminal acetylenes is 1. The molecule has 2 aromatic rings. The fourth-order valence-electron chi connectivity index (χ4n) is 2.30. The molecule has 0 aliphatic rings. The molecule has 0 saturated heterocycles. The van der Waals surface area contributed by atoms with Gasteiger partial charge in [0, 0.05) is 29.1 Å². The molecule has 1 aromatic heterocycles. The lowest BCUT2D eigenvalue weighted by Crippen LogP contribution is -2.17. The van der Waals surface area contributed by atoms with Gasteiger partial charge in [-0.2, -0.15) is 15.2 Å². The summed E-state index contributed by atoms with van der Waals surface area (Å²) >= 11 is 7.67. The third-order valence-corrected chi connectivity index (χ3v) is 5.40. The van der Waals surface area contributed by atoms with E-state index in [1.165, 1.54) is 0 Å². The van der Waals surface area contributed by atoms with Crippen molar-refractivity contribution in [3.05, 3.63) is 44.7 Å². The van der Waals surface area contributed by atoms with Crippen LogP contribution in [0, 0.1) is 23.8 Å². The van der Waals surface area contributed by atoms with Crippen LogP contribution in [0.1, 0.15) is 37.6 Å². The van der Waals surface area contributed by atoms with Crippen molar-refractivity contribution in [3.63, 3.8) is 0 Å². The number of methoxy groups -OCH3 is 1. The van der Waals surface area contributed by atoms with Crippen molar-refractivity contribution in [2.75, 3.05) is 7.11 Å². The Bertz CT molecular complexity index is 997. The molecule has 0 radical (unpaired) electrons. The predicted molar refractivity (Wildman–Crippen MR) is 110 cm³/mol. The number of rotatable bonds is 4. The molecule has 0 bridgehead atoms. The fourth-order valence-corrected chi connectivity index (χ4v) is 3.55. The largest absolute Gasteiger partial charge is 0.496 e. The molecule has 0 N–H and O–H groups in total. The van der Waals surface area contributed by atoms with E-state index in [-0.39, 0.29) is 11.3 Å². The van der Waals surface area contributed by atoms with Gasteiger partial charge in [0.15, 0.2) is 10.6 Å². The first-order chi connectivity index (χ1) is 12.8. The van der Waals surface area contributed by atoms with E-state index in [0.29, 0.717) is 34.1 Å². The number of aromatic nitrogens is 1. The van der Waals surface area contributed by atoms with Crippen LogP contribution in [0.25, 0.3) is 0 Å². The molecule has 5 nitrogen and oxygen atoms in total. The van der Waals surface area contributed by atoms with Crippen molar-refractivity contribution in [2.24, 2.45) is 9.98 Å². The first-order valence-electron chi connectivity index (χ1n) is 8.29. The van der Waals surface area contributed by atoms with Crippen LogP contribution >= 0.6 is 22.9 Å². The van der Waals surface area contributed by atoms with Crippen LogP contribution in [0.4, 0.5) is 0 Å². The smallest absolute Gasteiger partial charge is 0.207 e. The molecular formula is C20H21ClN4OS. The lowest BCUT2D eigenvalue weighted by atomic mass is 9.95. The molecule has 7 heteroatoms. The second kappa shape index (κ2) is 8.90. The Hall–Kier alpha value is -2.54. The number of nitrogens with zero attached hydrogens (tertiary/aromatic N) is 4. The maximum absolute atomic E-state index is 9.15. The number of aryl methyl sites for hydroxylation is 1. The predicted octanol–water partition coefficient (Wildman–Crippen LogP) is 4.36. The van der Waals surface area contributed by atoms with Gasteiger partial charge < -0.3 is 9.30 Å². The van der Waals surface area contributed by atoms with Crippen molar-refractivity contribution in [1.82, 2.24) is 4.57 Å². The summed E-state index contributed by atoms with van der Waals surface area (Å²) in [5, 5.41) is 9.66. The third kappa shape index (κ3) is 5.23. The van der Waals surface area contributed by atoms with Crippen molar-refractivity contribution >= 4 is 28.8 Å². The number of thiazole rings is 1. The molecule has 27 heavy (non-hydrogen) atoms. The van der Waals surface area contributed by atoms with Crippen LogP contribution in [-0.2, 0) is 12.0 Å². The molecule has 140 valence electrons. The van der Waals surface area contributed by atoms with Crippen LogP contribution < -0.4 is 9.54 Å². The normalized spacial score (nSPS) is 12.6. The quantitative estimate of drug-likeness (QED) is 0.331. The number of hydrogen-bond donors (Lipinski definition) is 0. The summed E-state index contributed by atoms with van der Waals surface area (Å²) in [5.74, 6) is 3.44. The highest BCUT2D eigenvalue weighted by molar-refractivity contribution is 7.09. The van der Waals surface area contributed by atoms with E-state index in [1.54, 1.807) is 36.6 Å². The van der Waals surface area contributed by atoms with Gasteiger partial charge in [0.1, 0.15) is 5.75 Å². The van der Waals surface area contributed by atoms with E-state index in [0.717, 1.165) is 4.88 Å². The lowest BCUT2D eigenvalue weighted by molar-refractivity contribution is 0.414. The molecular weight excluding hydrogens is 380 g/mol. The Kier molecular flexibility index (Phi) is 6.85. The van der Waals surface area contributed by atoms with Gasteiger partial charge >= 0.3 is 0 Å². The molecule has 0 aliphatic carbocycles. The first kappa shape index (κ1) is 20.8. The molecule has 0 aliphatic heterocycles. The van der Waals surface area contributed by atoms with E-state index < -0.39 is 0 Å². The van der Waals surface area contributed by atoms with Crippen molar-refractivity contribution in [1.29, 1.82) is 5.26 Å². The van der Waals surface area contributed by atoms with Crippen molar-refractivity contribution in [2.45, 2.75) is 39.2 Å². The zero-order valence-electron chi connectivity index (χ0n) is 15.8. The summed E-state index contributed by atoms with van der Waals surface area (Å²) in [7, 11) is 1.55. The number of ether oxygens (including phenoxy) is 1. The minimum atomic E-state index is -0.0311. The number of aliphatic imine (C=N–C) groups is 1. The van der Waals surface area contributed by atoms with Gasteiger partial charge in [0.05, 0.1) is 12.7 Å². The minimum Gasteiger partial charge on any atom is -0.496 e. The lowest BCUT2D eigenvalue weighted by Gasteiger charge is -2.14. The standard InChI is InChI=1S/C20H21ClN4OS/c1-6-7-10-25-12-17(20(2,3)4)27-19(25)24-18(23-13-22)15-11-14(21)8-9-16(15)26-5/h1,8-9,11-12H,7,10H2,2-5H3/b23-18?,24-19-. The van der Waals surface area contributed by atoms with Gasteiger partial charge in [-0.1, -0.05) is 32.4 Å². The highest BCUT2D eigenvalue weighted by Crippen LogP contribution is 2.26. The molecule has 0 spiro atoms. The van der Waals surface area contributed by atoms with Gasteiger partial charge in [-0.05, 0) is 23.6 Å². The van der Waals surface area contributed by atoms with E-state index in [9.17, 15) is 0 Å². The average molecular weight is 401 g/mol. The summed E-state index contributed by atoms with van der Waals surface area (Å²) in [6.07, 6.45) is 9.88. The second-order valence-electron chi connectivity index (χ2n) is 6.77. The van der Waals surface area contributed by atoms with E-state index >= 15 is 0 Å². The number of hydrogen-bond acceptors (Lipinski definition) is 4. The van der Waals surface area contributed by atoms with Gasteiger partial charge in [-0.3, -0.25) is 0 Å². The number of amidine groups is 1. The molecule has 0 unspecified atom stereocenters. The van der Waals surface area contributed by atoms with Crippen LogP contribution in [0.2, 0.25) is 5.02 Å². The first-order valence-corrected chi connectivity index (χ1v) is 9.49. The summed E-state index contributed by atoms with van der Waals surface area (Å²) in [6.45, 7) is 7.05.